The van der Waals surface area contributed by atoms with Crippen LogP contribution in [0.25, 0.3) is 0 Å². The summed E-state index contributed by atoms with van der Waals surface area (Å²) in [7, 11) is 4.44. The maximum Gasteiger partial charge on any atom is 0.333 e. The fraction of sp³-hybridized carbons (Fsp3) is 0.786. The van der Waals surface area contributed by atoms with Gasteiger partial charge in [0, 0.05) is 26.2 Å². The van der Waals surface area contributed by atoms with Gasteiger partial charge >= 0.3 is 5.97 Å². The molecule has 0 aromatic carbocycles. The molecule has 0 unspecified atom stereocenters. The van der Waals surface area contributed by atoms with Gasteiger partial charge in [-0.15, -0.1) is 0 Å². The van der Waals surface area contributed by atoms with E-state index < -0.39 is 11.6 Å². The summed E-state index contributed by atoms with van der Waals surface area (Å²) >= 11 is 3.52. The lowest BCUT2D eigenvalue weighted by Gasteiger charge is -2.53. The van der Waals surface area contributed by atoms with E-state index in [1.165, 1.54) is 14.2 Å². The summed E-state index contributed by atoms with van der Waals surface area (Å²) in [5.74, 6) is -2.49. The van der Waals surface area contributed by atoms with Crippen LogP contribution in [0.5, 0.6) is 0 Å². The van der Waals surface area contributed by atoms with Crippen molar-refractivity contribution in [3.8, 4) is 0 Å². The first-order valence-electron chi connectivity index (χ1n) is 6.69. The average Bonchev–Trinajstić information content (AvgIpc) is 2.48. The Bertz CT molecular complexity index is 453. The summed E-state index contributed by atoms with van der Waals surface area (Å²) < 4.78 is 27.9. The van der Waals surface area contributed by atoms with Crippen LogP contribution in [0, 0.1) is 0 Å². The van der Waals surface area contributed by atoms with Gasteiger partial charge in [0.1, 0.15) is 6.10 Å². The molecule has 0 N–H and O–H groups in total. The fourth-order valence-corrected chi connectivity index (χ4v) is 3.42. The second kappa shape index (κ2) is 5.96. The largest absolute Gasteiger partial charge is 0.466 e. The Morgan fingerprint density at radius 1 is 1.24 bits per heavy atom. The molecule has 21 heavy (non-hydrogen) atoms. The van der Waals surface area contributed by atoms with E-state index in [9.17, 15) is 4.79 Å². The van der Waals surface area contributed by atoms with Crippen molar-refractivity contribution >= 4 is 21.9 Å². The number of hydrogen-bond donors (Lipinski definition) is 0. The Hall–Kier alpha value is -0.470. The number of fused-ring (bicyclic) bond motifs is 1. The quantitative estimate of drug-likeness (QED) is 0.561. The molecule has 0 radical (unpaired) electrons. The molecule has 2 rings (SSSR count). The predicted octanol–water partition coefficient (Wildman–Crippen LogP) is 1.76. The average molecular weight is 365 g/mol. The fourth-order valence-electron chi connectivity index (χ4n) is 2.65. The zero-order valence-corrected chi connectivity index (χ0v) is 14.4. The van der Waals surface area contributed by atoms with E-state index in [0.29, 0.717) is 12.0 Å². The number of halogens is 1. The molecule has 1 heterocycles. The summed E-state index contributed by atoms with van der Waals surface area (Å²) in [5.41, 5.74) is 0.559. The SMILES string of the molecule is COC(=O)C1=C[C@H](Br)[C@H]2O[C@](C)(OC)[C@@](C)(OC)O[C@@H]2C1. The summed E-state index contributed by atoms with van der Waals surface area (Å²) in [6.45, 7) is 3.53. The topological polar surface area (TPSA) is 63.2 Å². The number of carbonyl (C=O) groups excluding carboxylic acids is 1. The van der Waals surface area contributed by atoms with Crippen molar-refractivity contribution in [3.05, 3.63) is 11.6 Å². The first-order valence-corrected chi connectivity index (χ1v) is 7.61. The highest BCUT2D eigenvalue weighted by molar-refractivity contribution is 9.09. The zero-order chi connectivity index (χ0) is 15.8. The second-order valence-electron chi connectivity index (χ2n) is 5.37. The van der Waals surface area contributed by atoms with Crippen LogP contribution in [0.1, 0.15) is 20.3 Å². The third kappa shape index (κ3) is 2.77. The van der Waals surface area contributed by atoms with Gasteiger partial charge in [0.15, 0.2) is 0 Å². The molecule has 0 amide bonds. The highest BCUT2D eigenvalue weighted by atomic mass is 79.9. The van der Waals surface area contributed by atoms with Crippen molar-refractivity contribution < 1.29 is 28.5 Å². The van der Waals surface area contributed by atoms with Crippen LogP contribution in [0.4, 0.5) is 0 Å². The second-order valence-corrected chi connectivity index (χ2v) is 6.43. The van der Waals surface area contributed by atoms with E-state index in [4.69, 9.17) is 23.7 Å². The standard InChI is InChI=1S/C14H21BrO6/c1-13(18-4)14(2,19-5)21-11-9(15)6-8(12(16)17-3)7-10(11)20-13/h6,9-11H,7H2,1-5H3/t9-,10+,11+,13-,14-/m0/s1. The molecule has 0 aromatic rings. The molecule has 1 aliphatic carbocycles. The third-order valence-corrected chi connectivity index (χ3v) is 5.04. The Kier molecular flexibility index (Phi) is 4.80. The minimum atomic E-state index is -1.08. The highest BCUT2D eigenvalue weighted by Gasteiger charge is 2.58. The van der Waals surface area contributed by atoms with Gasteiger partial charge in [-0.2, -0.15) is 0 Å². The van der Waals surface area contributed by atoms with Crippen LogP contribution < -0.4 is 0 Å². The Balaban J connectivity index is 2.30. The lowest BCUT2D eigenvalue weighted by Crippen LogP contribution is -2.67. The summed E-state index contributed by atoms with van der Waals surface area (Å²) in [4.78, 5) is 11.6. The summed E-state index contributed by atoms with van der Waals surface area (Å²) in [6.07, 6.45) is 1.58. The smallest absolute Gasteiger partial charge is 0.333 e. The van der Waals surface area contributed by atoms with E-state index in [-0.39, 0.29) is 23.0 Å². The summed E-state index contributed by atoms with van der Waals surface area (Å²) in [6, 6.07) is 0. The molecule has 1 aliphatic heterocycles. The van der Waals surface area contributed by atoms with Crippen molar-refractivity contribution in [2.45, 2.75) is 48.9 Å². The van der Waals surface area contributed by atoms with Gasteiger partial charge in [0.25, 0.3) is 0 Å². The molecule has 0 saturated carbocycles. The van der Waals surface area contributed by atoms with Gasteiger partial charge in [-0.1, -0.05) is 22.0 Å². The number of methoxy groups -OCH3 is 3. The van der Waals surface area contributed by atoms with Crippen LogP contribution in [0.15, 0.2) is 11.6 Å². The van der Waals surface area contributed by atoms with E-state index >= 15 is 0 Å². The van der Waals surface area contributed by atoms with Gasteiger partial charge in [-0.3, -0.25) is 0 Å². The molecule has 2 aliphatic rings. The molecule has 1 fully saturated rings. The van der Waals surface area contributed by atoms with Crippen molar-refractivity contribution in [1.29, 1.82) is 0 Å². The summed E-state index contributed by atoms with van der Waals surface area (Å²) in [5, 5.41) is 0. The van der Waals surface area contributed by atoms with Crippen molar-refractivity contribution in [1.82, 2.24) is 0 Å². The van der Waals surface area contributed by atoms with Gasteiger partial charge in [0.05, 0.1) is 18.0 Å². The molecule has 6 nitrogen and oxygen atoms in total. The van der Waals surface area contributed by atoms with Gasteiger partial charge < -0.3 is 23.7 Å². The first-order chi connectivity index (χ1) is 9.80. The lowest BCUT2D eigenvalue weighted by atomic mass is 9.91. The monoisotopic (exact) mass is 364 g/mol. The number of esters is 1. The first kappa shape index (κ1) is 16.9. The van der Waals surface area contributed by atoms with Crippen molar-refractivity contribution in [3.63, 3.8) is 0 Å². The molecule has 5 atom stereocenters. The maximum absolute atomic E-state index is 11.7. The maximum atomic E-state index is 11.7. The Morgan fingerprint density at radius 3 is 2.33 bits per heavy atom. The molecule has 0 bridgehead atoms. The van der Waals surface area contributed by atoms with Gasteiger partial charge in [0.2, 0.25) is 11.6 Å². The van der Waals surface area contributed by atoms with Gasteiger partial charge in [-0.25, -0.2) is 4.79 Å². The molecular formula is C14H21BrO6. The molecule has 0 spiro atoms. The van der Waals surface area contributed by atoms with E-state index in [1.54, 1.807) is 27.0 Å². The molecular weight excluding hydrogens is 344 g/mol. The van der Waals surface area contributed by atoms with Crippen LogP contribution in [-0.2, 0) is 28.5 Å². The molecule has 120 valence electrons. The minimum Gasteiger partial charge on any atom is -0.466 e. The van der Waals surface area contributed by atoms with Crippen LogP contribution >= 0.6 is 15.9 Å². The van der Waals surface area contributed by atoms with Crippen LogP contribution in [0.2, 0.25) is 0 Å². The van der Waals surface area contributed by atoms with Gasteiger partial charge in [-0.05, 0) is 13.8 Å². The predicted molar refractivity (Wildman–Crippen MR) is 78.0 cm³/mol. The normalized spacial score (nSPS) is 43.0. The number of ether oxygens (including phenoxy) is 5. The zero-order valence-electron chi connectivity index (χ0n) is 12.8. The lowest BCUT2D eigenvalue weighted by molar-refractivity contribution is -0.447. The Morgan fingerprint density at radius 2 is 1.81 bits per heavy atom. The number of alkyl halides is 1. The van der Waals surface area contributed by atoms with E-state index in [2.05, 4.69) is 15.9 Å². The number of carbonyl (C=O) groups is 1. The minimum absolute atomic E-state index is 0.179. The van der Waals surface area contributed by atoms with E-state index in [0.717, 1.165) is 0 Å². The van der Waals surface area contributed by atoms with E-state index in [1.807, 2.05) is 0 Å². The van der Waals surface area contributed by atoms with Crippen molar-refractivity contribution in [2.75, 3.05) is 21.3 Å². The Labute approximate surface area is 132 Å². The van der Waals surface area contributed by atoms with Crippen LogP contribution in [0.3, 0.4) is 0 Å². The highest BCUT2D eigenvalue weighted by Crippen LogP contribution is 2.44. The van der Waals surface area contributed by atoms with Crippen LogP contribution in [-0.4, -0.2) is 55.9 Å². The van der Waals surface area contributed by atoms with Crippen molar-refractivity contribution in [2.24, 2.45) is 0 Å². The number of rotatable bonds is 3. The number of hydrogen-bond acceptors (Lipinski definition) is 6. The molecule has 0 aromatic heterocycles. The molecule has 7 heteroatoms. The molecule has 1 saturated heterocycles. The third-order valence-electron chi connectivity index (χ3n) is 4.25.